The molecule has 2 rings (SSSR count). The van der Waals surface area contributed by atoms with Crippen LogP contribution in [-0.2, 0) is 6.54 Å². The molecule has 20 heavy (non-hydrogen) atoms. The molecule has 0 aromatic heterocycles. The zero-order valence-corrected chi connectivity index (χ0v) is 15.2. The van der Waals surface area contributed by atoms with Crippen LogP contribution in [0.2, 0.25) is 0 Å². The van der Waals surface area contributed by atoms with Crippen LogP contribution in [-0.4, -0.2) is 5.11 Å². The molecule has 0 heterocycles. The maximum Gasteiger partial charge on any atom is 0.143 e. The fourth-order valence-electron chi connectivity index (χ4n) is 1.75. The van der Waals surface area contributed by atoms with Crippen molar-refractivity contribution in [3.63, 3.8) is 0 Å². The summed E-state index contributed by atoms with van der Waals surface area (Å²) in [5.74, 6) is -0.0994. The lowest BCUT2D eigenvalue weighted by molar-refractivity contribution is 0.468. The summed E-state index contributed by atoms with van der Waals surface area (Å²) in [7, 11) is 0. The Hall–Kier alpha value is -0.590. The topological polar surface area (TPSA) is 32.3 Å². The molecule has 0 atom stereocenters. The monoisotopic (exact) mass is 465 g/mol. The van der Waals surface area contributed by atoms with Crippen LogP contribution in [0.3, 0.4) is 0 Å². The minimum atomic E-state index is -0.275. The highest BCUT2D eigenvalue weighted by atomic mass is 79.9. The summed E-state index contributed by atoms with van der Waals surface area (Å²) >= 11 is 9.76. The fourth-order valence-corrected chi connectivity index (χ4v) is 3.38. The lowest BCUT2D eigenvalue weighted by Crippen LogP contribution is -2.02. The molecule has 2 N–H and O–H groups in total. The summed E-state index contributed by atoms with van der Waals surface area (Å²) in [6.07, 6.45) is 0. The van der Waals surface area contributed by atoms with Gasteiger partial charge in [-0.05, 0) is 90.1 Å². The SMILES string of the molecule is Cc1cc(F)c(Br)cc1NCc1cc(Br)c(O)c(Br)c1. The molecular formula is C14H11Br3FNO. The molecule has 0 bridgehead atoms. The number of halogens is 4. The van der Waals surface area contributed by atoms with Crippen LogP contribution in [0.15, 0.2) is 37.7 Å². The van der Waals surface area contributed by atoms with Gasteiger partial charge in [0.15, 0.2) is 0 Å². The molecule has 106 valence electrons. The van der Waals surface area contributed by atoms with Crippen LogP contribution in [0.5, 0.6) is 5.75 Å². The van der Waals surface area contributed by atoms with E-state index in [1.807, 2.05) is 19.1 Å². The van der Waals surface area contributed by atoms with Crippen molar-refractivity contribution in [1.82, 2.24) is 0 Å². The first kappa shape index (κ1) is 15.8. The Morgan fingerprint density at radius 1 is 1.05 bits per heavy atom. The van der Waals surface area contributed by atoms with Crippen molar-refractivity contribution in [2.75, 3.05) is 5.32 Å². The largest absolute Gasteiger partial charge is 0.506 e. The second kappa shape index (κ2) is 6.45. The minimum Gasteiger partial charge on any atom is -0.506 e. The number of phenolic OH excluding ortho intramolecular Hbond substituents is 1. The summed E-state index contributed by atoms with van der Waals surface area (Å²) < 4.78 is 15.0. The molecule has 0 unspecified atom stereocenters. The van der Waals surface area contributed by atoms with E-state index in [1.165, 1.54) is 6.07 Å². The van der Waals surface area contributed by atoms with Crippen LogP contribution in [0.1, 0.15) is 11.1 Å². The van der Waals surface area contributed by atoms with Crippen molar-refractivity contribution in [3.8, 4) is 5.75 Å². The van der Waals surface area contributed by atoms with E-state index in [0.717, 1.165) is 16.8 Å². The molecule has 0 aliphatic rings. The van der Waals surface area contributed by atoms with Crippen molar-refractivity contribution < 1.29 is 9.50 Å². The van der Waals surface area contributed by atoms with Gasteiger partial charge in [-0.25, -0.2) is 4.39 Å². The summed E-state index contributed by atoms with van der Waals surface area (Å²) in [4.78, 5) is 0. The smallest absolute Gasteiger partial charge is 0.143 e. The number of aryl methyl sites for hydroxylation is 1. The number of hydrogen-bond donors (Lipinski definition) is 2. The first-order chi connectivity index (χ1) is 9.38. The van der Waals surface area contributed by atoms with E-state index in [0.29, 0.717) is 20.0 Å². The normalized spacial score (nSPS) is 10.7. The molecule has 2 aromatic carbocycles. The average Bonchev–Trinajstić information content (AvgIpc) is 2.38. The summed E-state index contributed by atoms with van der Waals surface area (Å²) in [6, 6.07) is 6.87. The second-order valence-electron chi connectivity index (χ2n) is 4.34. The third-order valence-corrected chi connectivity index (χ3v) is 4.64. The highest BCUT2D eigenvalue weighted by Crippen LogP contribution is 2.33. The molecule has 0 aliphatic heterocycles. The van der Waals surface area contributed by atoms with Crippen molar-refractivity contribution in [1.29, 1.82) is 0 Å². The van der Waals surface area contributed by atoms with Gasteiger partial charge in [-0.2, -0.15) is 0 Å². The van der Waals surface area contributed by atoms with Gasteiger partial charge in [0.2, 0.25) is 0 Å². The van der Waals surface area contributed by atoms with E-state index in [-0.39, 0.29) is 11.6 Å². The molecule has 0 saturated carbocycles. The summed E-state index contributed by atoms with van der Waals surface area (Å²) in [6.45, 7) is 2.41. The molecule has 0 spiro atoms. The maximum absolute atomic E-state index is 13.4. The second-order valence-corrected chi connectivity index (χ2v) is 6.91. The highest BCUT2D eigenvalue weighted by Gasteiger charge is 2.08. The Kier molecular flexibility index (Phi) is 5.09. The number of rotatable bonds is 3. The molecule has 2 nitrogen and oxygen atoms in total. The highest BCUT2D eigenvalue weighted by molar-refractivity contribution is 9.11. The number of anilines is 1. The van der Waals surface area contributed by atoms with Gasteiger partial charge in [0.25, 0.3) is 0 Å². The van der Waals surface area contributed by atoms with E-state index in [9.17, 15) is 9.50 Å². The maximum atomic E-state index is 13.4. The minimum absolute atomic E-state index is 0.175. The number of phenols is 1. The molecule has 0 aliphatic carbocycles. The standard InChI is InChI=1S/C14H11Br3FNO/c1-7-2-12(18)9(15)5-13(7)19-6-8-3-10(16)14(20)11(17)4-8/h2-5,19-20H,6H2,1H3. The zero-order chi connectivity index (χ0) is 14.9. The fraction of sp³-hybridized carbons (Fsp3) is 0.143. The predicted octanol–water partition coefficient (Wildman–Crippen LogP) is 5.74. The van der Waals surface area contributed by atoms with E-state index < -0.39 is 0 Å². The first-order valence-corrected chi connectivity index (χ1v) is 8.13. The van der Waals surface area contributed by atoms with Crippen LogP contribution in [0.25, 0.3) is 0 Å². The van der Waals surface area contributed by atoms with Gasteiger partial charge in [-0.15, -0.1) is 0 Å². The average molecular weight is 468 g/mol. The number of aromatic hydroxyl groups is 1. The summed E-state index contributed by atoms with van der Waals surface area (Å²) in [5.41, 5.74) is 2.68. The van der Waals surface area contributed by atoms with Crippen LogP contribution < -0.4 is 5.32 Å². The van der Waals surface area contributed by atoms with Gasteiger partial charge in [0.05, 0.1) is 13.4 Å². The predicted molar refractivity (Wildman–Crippen MR) is 89.7 cm³/mol. The third-order valence-electron chi connectivity index (χ3n) is 2.83. The molecule has 0 radical (unpaired) electrons. The Labute approximate surface area is 141 Å². The van der Waals surface area contributed by atoms with Crippen LogP contribution >= 0.6 is 47.8 Å². The number of benzene rings is 2. The quantitative estimate of drug-likeness (QED) is 0.603. The van der Waals surface area contributed by atoms with Gasteiger partial charge in [-0.3, -0.25) is 0 Å². The Morgan fingerprint density at radius 2 is 1.65 bits per heavy atom. The van der Waals surface area contributed by atoms with Crippen molar-refractivity contribution in [2.24, 2.45) is 0 Å². The third kappa shape index (κ3) is 3.54. The molecule has 6 heteroatoms. The van der Waals surface area contributed by atoms with E-state index in [4.69, 9.17) is 0 Å². The Morgan fingerprint density at radius 3 is 2.25 bits per heavy atom. The van der Waals surface area contributed by atoms with Gasteiger partial charge in [-0.1, -0.05) is 0 Å². The van der Waals surface area contributed by atoms with Crippen LogP contribution in [0.4, 0.5) is 10.1 Å². The number of nitrogens with one attached hydrogen (secondary N) is 1. The molecule has 0 saturated heterocycles. The van der Waals surface area contributed by atoms with Crippen molar-refractivity contribution >= 4 is 53.5 Å². The van der Waals surface area contributed by atoms with Gasteiger partial charge < -0.3 is 10.4 Å². The van der Waals surface area contributed by atoms with Gasteiger partial charge in [0, 0.05) is 12.2 Å². The van der Waals surface area contributed by atoms with Gasteiger partial charge in [0.1, 0.15) is 11.6 Å². The molecular weight excluding hydrogens is 457 g/mol. The Bertz CT molecular complexity index is 638. The van der Waals surface area contributed by atoms with Crippen molar-refractivity contribution in [2.45, 2.75) is 13.5 Å². The summed E-state index contributed by atoms with van der Waals surface area (Å²) in [5, 5.41) is 12.9. The molecule has 0 amide bonds. The van der Waals surface area contributed by atoms with Gasteiger partial charge >= 0.3 is 0 Å². The van der Waals surface area contributed by atoms with E-state index in [2.05, 4.69) is 53.1 Å². The van der Waals surface area contributed by atoms with E-state index >= 15 is 0 Å². The number of hydrogen-bond acceptors (Lipinski definition) is 2. The Balaban J connectivity index is 2.19. The van der Waals surface area contributed by atoms with E-state index in [1.54, 1.807) is 6.07 Å². The lowest BCUT2D eigenvalue weighted by atomic mass is 10.1. The zero-order valence-electron chi connectivity index (χ0n) is 10.5. The molecule has 0 fully saturated rings. The van der Waals surface area contributed by atoms with Crippen molar-refractivity contribution in [3.05, 3.63) is 54.6 Å². The lowest BCUT2D eigenvalue weighted by Gasteiger charge is -2.12. The van der Waals surface area contributed by atoms with Crippen LogP contribution in [0, 0.1) is 12.7 Å². The first-order valence-electron chi connectivity index (χ1n) is 5.75. The molecule has 2 aromatic rings.